The number of benzene rings is 1. The Hall–Kier alpha value is -3.28. The average Bonchev–Trinajstić information content (AvgIpc) is 3.10. The number of aromatic nitrogens is 3. The standard InChI is InChI=1S/C24H26N4O2/c1-2-25-23-22-21(27-24(17-4-3-5-17)28(22)15-14-26-23)16-6-10-19(11-7-16)30-20-12-8-18(29)9-13-20/h6,8-10,12-15,17,29H,2-5,7,11H2,1H3,(H,25,26). The summed E-state index contributed by atoms with van der Waals surface area (Å²) in [6, 6.07) is 6.82. The highest BCUT2D eigenvalue weighted by Gasteiger charge is 2.28. The minimum atomic E-state index is 0.237. The van der Waals surface area contributed by atoms with Crippen molar-refractivity contribution in [2.45, 2.75) is 44.9 Å². The highest BCUT2D eigenvalue weighted by atomic mass is 16.5. The number of nitrogens with zero attached hydrogens (tertiary/aromatic N) is 3. The van der Waals surface area contributed by atoms with Gasteiger partial charge < -0.3 is 15.2 Å². The van der Waals surface area contributed by atoms with Crippen LogP contribution in [0.3, 0.4) is 0 Å². The van der Waals surface area contributed by atoms with Gasteiger partial charge in [-0.1, -0.05) is 12.5 Å². The van der Waals surface area contributed by atoms with E-state index in [1.807, 2.05) is 18.5 Å². The lowest BCUT2D eigenvalue weighted by atomic mass is 9.85. The summed E-state index contributed by atoms with van der Waals surface area (Å²) in [6.45, 7) is 2.91. The van der Waals surface area contributed by atoms with Crippen molar-refractivity contribution in [2.24, 2.45) is 0 Å². The fourth-order valence-electron chi connectivity index (χ4n) is 4.10. The number of phenols is 1. The number of allylic oxidation sites excluding steroid dienone is 4. The van der Waals surface area contributed by atoms with Gasteiger partial charge >= 0.3 is 0 Å². The van der Waals surface area contributed by atoms with Crippen molar-refractivity contribution in [1.82, 2.24) is 14.4 Å². The van der Waals surface area contributed by atoms with Crippen molar-refractivity contribution in [1.29, 1.82) is 0 Å². The van der Waals surface area contributed by atoms with E-state index in [0.717, 1.165) is 53.7 Å². The summed E-state index contributed by atoms with van der Waals surface area (Å²) in [4.78, 5) is 9.70. The Labute approximate surface area is 175 Å². The summed E-state index contributed by atoms with van der Waals surface area (Å²) < 4.78 is 8.20. The summed E-state index contributed by atoms with van der Waals surface area (Å²) in [7, 11) is 0. The second-order valence-corrected chi connectivity index (χ2v) is 7.89. The normalized spacial score (nSPS) is 16.7. The minimum Gasteiger partial charge on any atom is -0.508 e. The van der Waals surface area contributed by atoms with Crippen LogP contribution in [0.15, 0.2) is 54.6 Å². The van der Waals surface area contributed by atoms with Gasteiger partial charge in [-0.05, 0) is 62.1 Å². The van der Waals surface area contributed by atoms with Crippen molar-refractivity contribution in [2.75, 3.05) is 11.9 Å². The molecule has 2 aliphatic rings. The Morgan fingerprint density at radius 2 is 2.00 bits per heavy atom. The molecule has 154 valence electrons. The van der Waals surface area contributed by atoms with Crippen LogP contribution < -0.4 is 10.1 Å². The smallest absolute Gasteiger partial charge is 0.152 e. The molecule has 0 aliphatic heterocycles. The van der Waals surface area contributed by atoms with E-state index in [-0.39, 0.29) is 5.75 Å². The van der Waals surface area contributed by atoms with Crippen molar-refractivity contribution >= 4 is 16.9 Å². The number of aromatic hydroxyl groups is 1. The molecule has 0 amide bonds. The summed E-state index contributed by atoms with van der Waals surface area (Å²) in [6.07, 6.45) is 13.4. The highest BCUT2D eigenvalue weighted by molar-refractivity contribution is 5.85. The van der Waals surface area contributed by atoms with Crippen LogP contribution in [0.4, 0.5) is 5.82 Å². The van der Waals surface area contributed by atoms with E-state index in [4.69, 9.17) is 9.72 Å². The van der Waals surface area contributed by atoms with E-state index in [9.17, 15) is 5.11 Å². The van der Waals surface area contributed by atoms with Crippen molar-refractivity contribution < 1.29 is 9.84 Å². The third kappa shape index (κ3) is 3.43. The number of imidazole rings is 1. The minimum absolute atomic E-state index is 0.237. The van der Waals surface area contributed by atoms with Crippen LogP contribution in [-0.4, -0.2) is 26.0 Å². The first-order valence-electron chi connectivity index (χ1n) is 10.7. The van der Waals surface area contributed by atoms with E-state index in [2.05, 4.69) is 27.7 Å². The fraction of sp³-hybridized carbons (Fsp3) is 0.333. The first kappa shape index (κ1) is 18.7. The lowest BCUT2D eigenvalue weighted by Crippen LogP contribution is -2.12. The van der Waals surface area contributed by atoms with Gasteiger partial charge in [0.25, 0.3) is 0 Å². The van der Waals surface area contributed by atoms with Crippen LogP contribution in [-0.2, 0) is 0 Å². The van der Waals surface area contributed by atoms with Crippen LogP contribution >= 0.6 is 0 Å². The van der Waals surface area contributed by atoms with Gasteiger partial charge in [-0.25, -0.2) is 9.97 Å². The van der Waals surface area contributed by atoms with Gasteiger partial charge in [0.15, 0.2) is 5.82 Å². The molecule has 6 heteroatoms. The molecule has 5 rings (SSSR count). The number of phenolic OH excluding ortho intramolecular Hbond substituents is 1. The maximum Gasteiger partial charge on any atom is 0.152 e. The van der Waals surface area contributed by atoms with Crippen LogP contribution in [0.2, 0.25) is 0 Å². The maximum absolute atomic E-state index is 9.43. The first-order chi connectivity index (χ1) is 14.7. The molecular formula is C24H26N4O2. The molecule has 0 radical (unpaired) electrons. The number of anilines is 1. The maximum atomic E-state index is 9.43. The molecule has 1 aromatic carbocycles. The number of rotatable bonds is 6. The zero-order valence-corrected chi connectivity index (χ0v) is 17.1. The van der Waals surface area contributed by atoms with Gasteiger partial charge in [0.2, 0.25) is 0 Å². The van der Waals surface area contributed by atoms with Crippen LogP contribution in [0.5, 0.6) is 11.5 Å². The SMILES string of the molecule is CCNc1nccn2c(C3CCC3)nc(C3=CC=C(Oc4ccc(O)cc4)CC3)c12. The number of hydrogen-bond acceptors (Lipinski definition) is 5. The molecule has 0 atom stereocenters. The molecule has 6 nitrogen and oxygen atoms in total. The zero-order chi connectivity index (χ0) is 20.5. The summed E-state index contributed by atoms with van der Waals surface area (Å²) >= 11 is 0. The van der Waals surface area contributed by atoms with Gasteiger partial charge in [0.05, 0.1) is 5.69 Å². The van der Waals surface area contributed by atoms with Crippen LogP contribution in [0.1, 0.15) is 56.5 Å². The van der Waals surface area contributed by atoms with Crippen molar-refractivity contribution in [3.63, 3.8) is 0 Å². The number of hydrogen-bond donors (Lipinski definition) is 2. The Morgan fingerprint density at radius 1 is 1.17 bits per heavy atom. The van der Waals surface area contributed by atoms with Gasteiger partial charge in [-0.15, -0.1) is 0 Å². The van der Waals surface area contributed by atoms with Gasteiger partial charge in [-0.3, -0.25) is 4.40 Å². The average molecular weight is 402 g/mol. The Morgan fingerprint density at radius 3 is 2.67 bits per heavy atom. The second kappa shape index (κ2) is 7.86. The van der Waals surface area contributed by atoms with Crippen molar-refractivity contribution in [3.8, 4) is 11.5 Å². The van der Waals surface area contributed by atoms with Gasteiger partial charge in [0.1, 0.15) is 28.6 Å². The van der Waals surface area contributed by atoms with E-state index in [1.165, 1.54) is 24.8 Å². The molecule has 1 fully saturated rings. The third-order valence-electron chi connectivity index (χ3n) is 5.90. The second-order valence-electron chi connectivity index (χ2n) is 7.89. The molecule has 2 N–H and O–H groups in total. The topological polar surface area (TPSA) is 71.7 Å². The zero-order valence-electron chi connectivity index (χ0n) is 17.1. The molecular weight excluding hydrogens is 376 g/mol. The molecule has 2 aliphatic carbocycles. The Kier molecular flexibility index (Phi) is 4.91. The molecule has 1 saturated carbocycles. The summed E-state index contributed by atoms with van der Waals surface area (Å²) in [5.41, 5.74) is 3.31. The lowest BCUT2D eigenvalue weighted by Gasteiger charge is -2.24. The van der Waals surface area contributed by atoms with Gasteiger partial charge in [0, 0.05) is 31.3 Å². The van der Waals surface area contributed by atoms with Crippen LogP contribution in [0.25, 0.3) is 11.1 Å². The van der Waals surface area contributed by atoms with Gasteiger partial charge in [-0.2, -0.15) is 0 Å². The number of ether oxygens (including phenoxy) is 1. The van der Waals surface area contributed by atoms with E-state index < -0.39 is 0 Å². The quantitative estimate of drug-likeness (QED) is 0.587. The lowest BCUT2D eigenvalue weighted by molar-refractivity contribution is 0.399. The van der Waals surface area contributed by atoms with E-state index in [0.29, 0.717) is 5.92 Å². The molecule has 2 heterocycles. The predicted molar refractivity (Wildman–Crippen MR) is 118 cm³/mol. The van der Waals surface area contributed by atoms with E-state index in [1.54, 1.807) is 24.3 Å². The van der Waals surface area contributed by atoms with Crippen LogP contribution in [0, 0.1) is 0 Å². The molecule has 0 bridgehead atoms. The first-order valence-corrected chi connectivity index (χ1v) is 10.7. The van der Waals surface area contributed by atoms with Crippen molar-refractivity contribution in [3.05, 3.63) is 66.1 Å². The molecule has 0 spiro atoms. The number of fused-ring (bicyclic) bond motifs is 1. The Bertz CT molecular complexity index is 1120. The largest absolute Gasteiger partial charge is 0.508 e. The third-order valence-corrected chi connectivity index (χ3v) is 5.90. The summed E-state index contributed by atoms with van der Waals surface area (Å²) in [5, 5.41) is 12.8. The molecule has 0 saturated heterocycles. The summed E-state index contributed by atoms with van der Waals surface area (Å²) in [5.74, 6) is 4.47. The number of nitrogens with one attached hydrogen (secondary N) is 1. The molecule has 0 unspecified atom stereocenters. The molecule has 3 aromatic rings. The predicted octanol–water partition coefficient (Wildman–Crippen LogP) is 5.27. The molecule has 30 heavy (non-hydrogen) atoms. The van der Waals surface area contributed by atoms with E-state index >= 15 is 0 Å². The highest BCUT2D eigenvalue weighted by Crippen LogP contribution is 2.40. The molecule has 2 aromatic heterocycles. The Balaban J connectivity index is 1.50. The fourth-order valence-corrected chi connectivity index (χ4v) is 4.10. The monoisotopic (exact) mass is 402 g/mol.